The lowest BCUT2D eigenvalue weighted by molar-refractivity contribution is -0.137. The average Bonchev–Trinajstić information content (AvgIpc) is 2.43. The molecule has 0 atom stereocenters. The third-order valence-electron chi connectivity index (χ3n) is 2.82. The third-order valence-corrected chi connectivity index (χ3v) is 2.82. The Labute approximate surface area is 129 Å². The lowest BCUT2D eigenvalue weighted by Gasteiger charge is -2.16. The predicted octanol–water partition coefficient (Wildman–Crippen LogP) is 1.76. The molecule has 1 aromatic rings. The number of hydrogen-bond donors (Lipinski definition) is 3. The van der Waals surface area contributed by atoms with E-state index < -0.39 is 5.97 Å². The molecule has 1 rings (SSSR count). The molecule has 22 heavy (non-hydrogen) atoms. The second-order valence-corrected chi connectivity index (χ2v) is 5.20. The zero-order valence-corrected chi connectivity index (χ0v) is 12.9. The number of urea groups is 1. The molecule has 0 aliphatic heterocycles. The Kier molecular flexibility index (Phi) is 6.37. The molecular formula is C15H21N3O4. The highest BCUT2D eigenvalue weighted by molar-refractivity contribution is 5.95. The Hall–Kier alpha value is -2.57. The summed E-state index contributed by atoms with van der Waals surface area (Å²) in [5, 5.41) is 14.0. The molecule has 3 N–H and O–H groups in total. The molecule has 0 heterocycles. The molecular weight excluding hydrogens is 286 g/mol. The van der Waals surface area contributed by atoms with Crippen LogP contribution in [0.15, 0.2) is 24.3 Å². The monoisotopic (exact) mass is 307 g/mol. The first-order valence-electron chi connectivity index (χ1n) is 6.94. The van der Waals surface area contributed by atoms with Crippen LogP contribution in [0.4, 0.5) is 10.5 Å². The van der Waals surface area contributed by atoms with E-state index in [4.69, 9.17) is 5.11 Å². The molecule has 3 amide bonds. The zero-order chi connectivity index (χ0) is 16.7. The number of hydrogen-bond acceptors (Lipinski definition) is 3. The van der Waals surface area contributed by atoms with Crippen molar-refractivity contribution in [1.82, 2.24) is 10.2 Å². The number of anilines is 1. The van der Waals surface area contributed by atoms with Crippen molar-refractivity contribution in [3.8, 4) is 0 Å². The van der Waals surface area contributed by atoms with E-state index in [2.05, 4.69) is 10.6 Å². The highest BCUT2D eigenvalue weighted by atomic mass is 16.4. The van der Waals surface area contributed by atoms with Gasteiger partial charge in [0, 0.05) is 30.9 Å². The van der Waals surface area contributed by atoms with Crippen LogP contribution >= 0.6 is 0 Å². The summed E-state index contributed by atoms with van der Waals surface area (Å²) in [4.78, 5) is 35.5. The molecule has 7 heteroatoms. The average molecular weight is 307 g/mol. The van der Waals surface area contributed by atoms with E-state index in [9.17, 15) is 14.4 Å². The maximum Gasteiger partial charge on any atom is 0.319 e. The first-order valence-corrected chi connectivity index (χ1v) is 6.94. The molecule has 7 nitrogen and oxygen atoms in total. The van der Waals surface area contributed by atoms with Gasteiger partial charge in [0.15, 0.2) is 0 Å². The van der Waals surface area contributed by atoms with Gasteiger partial charge in [-0.25, -0.2) is 4.79 Å². The first kappa shape index (κ1) is 17.5. The smallest absolute Gasteiger partial charge is 0.319 e. The molecule has 120 valence electrons. The number of carbonyl (C=O) groups excluding carboxylic acids is 2. The number of rotatable bonds is 6. The van der Waals surface area contributed by atoms with E-state index in [0.29, 0.717) is 11.3 Å². The van der Waals surface area contributed by atoms with Crippen LogP contribution in [0.1, 0.15) is 30.6 Å². The van der Waals surface area contributed by atoms with E-state index in [1.165, 1.54) is 4.90 Å². The minimum atomic E-state index is -0.949. The van der Waals surface area contributed by atoms with E-state index in [0.717, 1.165) is 0 Å². The first-order chi connectivity index (χ1) is 10.3. The van der Waals surface area contributed by atoms with Gasteiger partial charge in [0.2, 0.25) is 0 Å². The number of amides is 3. The summed E-state index contributed by atoms with van der Waals surface area (Å²) >= 11 is 0. The molecule has 0 saturated heterocycles. The van der Waals surface area contributed by atoms with Crippen LogP contribution in [0.25, 0.3) is 0 Å². The Balaban J connectivity index is 2.62. The Bertz CT molecular complexity index is 540. The van der Waals surface area contributed by atoms with Gasteiger partial charge in [-0.15, -0.1) is 0 Å². The Morgan fingerprint density at radius 2 is 1.77 bits per heavy atom. The van der Waals surface area contributed by atoms with Crippen LogP contribution in [-0.2, 0) is 4.79 Å². The van der Waals surface area contributed by atoms with E-state index in [-0.39, 0.29) is 30.9 Å². The number of carboxylic acid groups (broad SMARTS) is 1. The maximum atomic E-state index is 12.1. The van der Waals surface area contributed by atoms with E-state index in [1.807, 2.05) is 13.8 Å². The molecule has 0 aliphatic rings. The summed E-state index contributed by atoms with van der Waals surface area (Å²) < 4.78 is 0. The van der Waals surface area contributed by atoms with Crippen LogP contribution in [-0.4, -0.2) is 47.5 Å². The molecule has 0 aliphatic carbocycles. The van der Waals surface area contributed by atoms with Crippen LogP contribution in [0, 0.1) is 0 Å². The SMILES string of the molecule is CC(C)NC(=O)Nc1ccc(C(=O)N(C)CCC(=O)O)cc1. The fourth-order valence-corrected chi connectivity index (χ4v) is 1.71. The lowest BCUT2D eigenvalue weighted by atomic mass is 10.2. The van der Waals surface area contributed by atoms with Crippen molar-refractivity contribution in [1.29, 1.82) is 0 Å². The number of aliphatic carboxylic acids is 1. The third kappa shape index (κ3) is 5.82. The van der Waals surface area contributed by atoms with Gasteiger partial charge in [-0.2, -0.15) is 0 Å². The number of carboxylic acids is 1. The van der Waals surface area contributed by atoms with Crippen molar-refractivity contribution in [3.63, 3.8) is 0 Å². The van der Waals surface area contributed by atoms with Gasteiger partial charge in [-0.3, -0.25) is 9.59 Å². The second kappa shape index (κ2) is 8.02. The molecule has 1 aromatic carbocycles. The number of benzene rings is 1. The normalized spacial score (nSPS) is 10.2. The standard InChI is InChI=1S/C15H21N3O4/c1-10(2)16-15(22)17-12-6-4-11(5-7-12)14(21)18(3)9-8-13(19)20/h4-7,10H,8-9H2,1-3H3,(H,19,20)(H2,16,17,22). The van der Waals surface area contributed by atoms with Crippen LogP contribution in [0.5, 0.6) is 0 Å². The molecule has 0 saturated carbocycles. The molecule has 0 radical (unpaired) electrons. The van der Waals surface area contributed by atoms with Gasteiger partial charge in [-0.1, -0.05) is 0 Å². The lowest BCUT2D eigenvalue weighted by Crippen LogP contribution is -2.34. The summed E-state index contributed by atoms with van der Waals surface area (Å²) in [6.07, 6.45) is -0.0999. The van der Waals surface area contributed by atoms with Gasteiger partial charge < -0.3 is 20.6 Å². The molecule has 0 fully saturated rings. The highest BCUT2D eigenvalue weighted by Crippen LogP contribution is 2.11. The van der Waals surface area contributed by atoms with Crippen molar-refractivity contribution in [2.45, 2.75) is 26.3 Å². The van der Waals surface area contributed by atoms with Gasteiger partial charge in [0.25, 0.3) is 5.91 Å². The van der Waals surface area contributed by atoms with Crippen molar-refractivity contribution in [3.05, 3.63) is 29.8 Å². The minimum Gasteiger partial charge on any atom is -0.481 e. The minimum absolute atomic E-state index is 0.0312. The number of nitrogens with zero attached hydrogens (tertiary/aromatic N) is 1. The summed E-state index contributed by atoms with van der Waals surface area (Å²) in [5.74, 6) is -1.21. The van der Waals surface area contributed by atoms with Crippen molar-refractivity contribution >= 4 is 23.6 Å². The fourth-order valence-electron chi connectivity index (χ4n) is 1.71. The Morgan fingerprint density at radius 3 is 2.27 bits per heavy atom. The molecule has 0 aromatic heterocycles. The molecule has 0 unspecified atom stereocenters. The van der Waals surface area contributed by atoms with Gasteiger partial charge in [0.1, 0.15) is 0 Å². The summed E-state index contributed by atoms with van der Waals surface area (Å²) in [5.41, 5.74) is 1.01. The van der Waals surface area contributed by atoms with Gasteiger partial charge in [0.05, 0.1) is 6.42 Å². The van der Waals surface area contributed by atoms with Gasteiger partial charge >= 0.3 is 12.0 Å². The predicted molar refractivity (Wildman–Crippen MR) is 82.9 cm³/mol. The van der Waals surface area contributed by atoms with Crippen molar-refractivity contribution < 1.29 is 19.5 Å². The summed E-state index contributed by atoms with van der Waals surface area (Å²) in [6, 6.07) is 6.14. The second-order valence-electron chi connectivity index (χ2n) is 5.20. The van der Waals surface area contributed by atoms with Crippen LogP contribution < -0.4 is 10.6 Å². The Morgan fingerprint density at radius 1 is 1.18 bits per heavy atom. The quantitative estimate of drug-likeness (QED) is 0.745. The van der Waals surface area contributed by atoms with Crippen molar-refractivity contribution in [2.24, 2.45) is 0 Å². The largest absolute Gasteiger partial charge is 0.481 e. The molecule has 0 bridgehead atoms. The molecule has 0 spiro atoms. The van der Waals surface area contributed by atoms with E-state index >= 15 is 0 Å². The number of carbonyl (C=O) groups is 3. The summed E-state index contributed by atoms with van der Waals surface area (Å²) in [6.45, 7) is 3.85. The maximum absolute atomic E-state index is 12.1. The summed E-state index contributed by atoms with van der Waals surface area (Å²) in [7, 11) is 1.55. The van der Waals surface area contributed by atoms with Crippen LogP contribution in [0.2, 0.25) is 0 Å². The van der Waals surface area contributed by atoms with E-state index in [1.54, 1.807) is 31.3 Å². The van der Waals surface area contributed by atoms with Crippen molar-refractivity contribution in [2.75, 3.05) is 18.9 Å². The van der Waals surface area contributed by atoms with Crippen LogP contribution in [0.3, 0.4) is 0 Å². The number of nitrogens with one attached hydrogen (secondary N) is 2. The highest BCUT2D eigenvalue weighted by Gasteiger charge is 2.13. The fraction of sp³-hybridized carbons (Fsp3) is 0.400. The van der Waals surface area contributed by atoms with Gasteiger partial charge in [-0.05, 0) is 38.1 Å². The topological polar surface area (TPSA) is 98.7 Å². The zero-order valence-electron chi connectivity index (χ0n) is 12.9.